The van der Waals surface area contributed by atoms with Gasteiger partial charge >= 0.3 is 0 Å². The number of rotatable bonds is 6. The van der Waals surface area contributed by atoms with Crippen LogP contribution in [-0.2, 0) is 11.3 Å². The zero-order valence-electron chi connectivity index (χ0n) is 17.8. The van der Waals surface area contributed by atoms with Crippen molar-refractivity contribution in [3.05, 3.63) is 60.6 Å². The van der Waals surface area contributed by atoms with Crippen molar-refractivity contribution in [2.75, 3.05) is 25.1 Å². The molecule has 8 nitrogen and oxygen atoms in total. The van der Waals surface area contributed by atoms with E-state index in [1.165, 1.54) is 0 Å². The third-order valence-corrected chi connectivity index (χ3v) is 6.63. The Labute approximate surface area is 189 Å². The molecule has 1 fully saturated rings. The fourth-order valence-electron chi connectivity index (χ4n) is 3.91. The number of benzene rings is 1. The Balaban J connectivity index is 1.25. The number of anilines is 1. The normalized spacial score (nSPS) is 16.3. The molecule has 32 heavy (non-hydrogen) atoms. The van der Waals surface area contributed by atoms with Gasteiger partial charge in [-0.1, -0.05) is 17.4 Å². The number of piperidine rings is 1. The Bertz CT molecular complexity index is 1170. The number of carbonyl (C=O) groups excluding carboxylic acids is 1. The number of carbonyl (C=O) groups is 1. The highest BCUT2D eigenvalue weighted by Crippen LogP contribution is 2.30. The molecule has 1 amide bonds. The van der Waals surface area contributed by atoms with Crippen LogP contribution in [0.1, 0.15) is 18.5 Å². The molecule has 3 aromatic heterocycles. The number of aromatic nitrogens is 4. The van der Waals surface area contributed by atoms with Crippen LogP contribution in [0.25, 0.3) is 16.2 Å². The minimum Gasteiger partial charge on any atom is -0.497 e. The summed E-state index contributed by atoms with van der Waals surface area (Å²) in [7, 11) is 1.66. The number of methoxy groups -OCH3 is 1. The summed E-state index contributed by atoms with van der Waals surface area (Å²) in [5.41, 5.74) is 2.76. The molecule has 4 aromatic rings. The number of ether oxygens (including phenoxy) is 1. The van der Waals surface area contributed by atoms with E-state index in [4.69, 9.17) is 14.8 Å². The summed E-state index contributed by atoms with van der Waals surface area (Å²) in [6.45, 7) is 2.01. The van der Waals surface area contributed by atoms with Crippen molar-refractivity contribution < 1.29 is 9.53 Å². The van der Waals surface area contributed by atoms with Crippen LogP contribution in [0.4, 0.5) is 5.13 Å². The van der Waals surface area contributed by atoms with Gasteiger partial charge in [0.25, 0.3) is 0 Å². The quantitative estimate of drug-likeness (QED) is 0.487. The molecule has 9 heteroatoms. The molecule has 0 saturated carbocycles. The van der Waals surface area contributed by atoms with Crippen molar-refractivity contribution in [3.63, 3.8) is 0 Å². The number of hydrogen-bond donors (Lipinski definition) is 1. The molecule has 1 atom stereocenters. The Morgan fingerprint density at radius 2 is 2.12 bits per heavy atom. The number of hydrogen-bond acceptors (Lipinski definition) is 7. The fraction of sp³-hybridized carbons (Fsp3) is 0.304. The Hall–Kier alpha value is -3.46. The molecule has 4 heterocycles. The van der Waals surface area contributed by atoms with Gasteiger partial charge in [0.2, 0.25) is 16.0 Å². The minimum atomic E-state index is -0.0569. The Morgan fingerprint density at radius 1 is 1.25 bits per heavy atom. The monoisotopic (exact) mass is 448 g/mol. The Kier molecular flexibility index (Phi) is 5.72. The lowest BCUT2D eigenvalue weighted by Gasteiger charge is -2.31. The highest BCUT2D eigenvalue weighted by atomic mass is 32.1. The summed E-state index contributed by atoms with van der Waals surface area (Å²) in [5.74, 6) is 0.834. The van der Waals surface area contributed by atoms with E-state index in [9.17, 15) is 4.79 Å². The third kappa shape index (κ3) is 4.29. The van der Waals surface area contributed by atoms with E-state index >= 15 is 0 Å². The Morgan fingerprint density at radius 3 is 2.88 bits per heavy atom. The van der Waals surface area contributed by atoms with Gasteiger partial charge in [-0.2, -0.15) is 0 Å². The van der Waals surface area contributed by atoms with Crippen LogP contribution in [0.5, 0.6) is 5.75 Å². The van der Waals surface area contributed by atoms with Crippen LogP contribution in [0.2, 0.25) is 0 Å². The van der Waals surface area contributed by atoms with Crippen LogP contribution in [0, 0.1) is 5.92 Å². The highest BCUT2D eigenvalue weighted by Gasteiger charge is 2.28. The van der Waals surface area contributed by atoms with E-state index in [1.54, 1.807) is 24.6 Å². The molecule has 1 aromatic carbocycles. The number of amides is 1. The largest absolute Gasteiger partial charge is 0.497 e. The van der Waals surface area contributed by atoms with Crippen molar-refractivity contribution in [2.24, 2.45) is 5.92 Å². The zero-order chi connectivity index (χ0) is 21.9. The maximum absolute atomic E-state index is 12.7. The van der Waals surface area contributed by atoms with Crippen molar-refractivity contribution in [2.45, 2.75) is 19.4 Å². The second-order valence-corrected chi connectivity index (χ2v) is 8.72. The van der Waals surface area contributed by atoms with Gasteiger partial charge < -0.3 is 15.0 Å². The van der Waals surface area contributed by atoms with E-state index in [1.807, 2.05) is 53.2 Å². The number of nitrogens with zero attached hydrogens (tertiary/aromatic N) is 5. The number of pyridine rings is 1. The van der Waals surface area contributed by atoms with Gasteiger partial charge in [0.15, 0.2) is 0 Å². The maximum atomic E-state index is 12.7. The predicted octanol–water partition coefficient (Wildman–Crippen LogP) is 3.39. The molecule has 1 N–H and O–H groups in total. The van der Waals surface area contributed by atoms with Crippen LogP contribution in [0.15, 0.2) is 54.9 Å². The molecule has 0 aliphatic carbocycles. The zero-order valence-corrected chi connectivity index (χ0v) is 18.6. The second-order valence-electron chi connectivity index (χ2n) is 7.79. The first kappa shape index (κ1) is 20.4. The van der Waals surface area contributed by atoms with Crippen LogP contribution in [-0.4, -0.2) is 45.7 Å². The smallest absolute Gasteiger partial charge is 0.225 e. The van der Waals surface area contributed by atoms with Crippen LogP contribution < -0.4 is 15.0 Å². The molecule has 0 spiro atoms. The summed E-state index contributed by atoms with van der Waals surface area (Å²) in [6, 6.07) is 13.5. The van der Waals surface area contributed by atoms with Gasteiger partial charge in [-0.05, 0) is 49.2 Å². The summed E-state index contributed by atoms with van der Waals surface area (Å²) < 4.78 is 7.05. The molecule has 1 saturated heterocycles. The van der Waals surface area contributed by atoms with E-state index in [0.717, 1.165) is 52.2 Å². The molecule has 164 valence electrons. The highest BCUT2D eigenvalue weighted by molar-refractivity contribution is 7.20. The summed E-state index contributed by atoms with van der Waals surface area (Å²) in [6.07, 6.45) is 5.52. The maximum Gasteiger partial charge on any atom is 0.225 e. The van der Waals surface area contributed by atoms with E-state index < -0.39 is 0 Å². The molecule has 1 unspecified atom stereocenters. The molecule has 5 rings (SSSR count). The number of fused-ring (bicyclic) bond motifs is 1. The summed E-state index contributed by atoms with van der Waals surface area (Å²) in [4.78, 5) is 24.7. The molecule has 0 bridgehead atoms. The van der Waals surface area contributed by atoms with E-state index in [0.29, 0.717) is 13.1 Å². The first-order chi connectivity index (χ1) is 15.7. The molecular weight excluding hydrogens is 424 g/mol. The van der Waals surface area contributed by atoms with Crippen molar-refractivity contribution >= 4 is 27.3 Å². The lowest BCUT2D eigenvalue weighted by molar-refractivity contribution is -0.125. The van der Waals surface area contributed by atoms with Crippen molar-refractivity contribution in [3.8, 4) is 17.0 Å². The van der Waals surface area contributed by atoms with Gasteiger partial charge in [0, 0.05) is 24.8 Å². The van der Waals surface area contributed by atoms with E-state index in [2.05, 4.69) is 15.2 Å². The topological polar surface area (TPSA) is 84.7 Å². The standard InChI is InChI=1S/C23H24N6O2S/c1-31-19-9-7-16(8-10-19)20-15-29-22(26-20)32-23(27-29)28-12-4-5-17(14-28)21(30)25-13-18-6-2-3-11-24-18/h2-3,6-11,15,17H,4-5,12-14H2,1H3,(H,25,30). The van der Waals surface area contributed by atoms with Crippen LogP contribution in [0.3, 0.4) is 0 Å². The number of imidazole rings is 1. The summed E-state index contributed by atoms with van der Waals surface area (Å²) in [5, 5.41) is 8.66. The SMILES string of the molecule is COc1ccc(-c2cn3nc(N4CCCC(C(=O)NCc5ccccn5)C4)sc3n2)cc1. The first-order valence-corrected chi connectivity index (χ1v) is 11.4. The van der Waals surface area contributed by atoms with Gasteiger partial charge in [0.05, 0.1) is 37.2 Å². The molecule has 1 aliphatic heterocycles. The van der Waals surface area contributed by atoms with Crippen molar-refractivity contribution in [1.82, 2.24) is 24.9 Å². The lowest BCUT2D eigenvalue weighted by Crippen LogP contribution is -2.43. The van der Waals surface area contributed by atoms with Gasteiger partial charge in [-0.25, -0.2) is 9.50 Å². The van der Waals surface area contributed by atoms with Gasteiger partial charge in [-0.15, -0.1) is 5.10 Å². The summed E-state index contributed by atoms with van der Waals surface area (Å²) >= 11 is 1.55. The fourth-order valence-corrected chi connectivity index (χ4v) is 4.83. The predicted molar refractivity (Wildman–Crippen MR) is 124 cm³/mol. The third-order valence-electron chi connectivity index (χ3n) is 5.65. The van der Waals surface area contributed by atoms with Gasteiger partial charge in [0.1, 0.15) is 5.75 Å². The average molecular weight is 449 g/mol. The van der Waals surface area contributed by atoms with Crippen LogP contribution >= 0.6 is 11.3 Å². The first-order valence-electron chi connectivity index (χ1n) is 10.6. The van der Waals surface area contributed by atoms with Gasteiger partial charge in [-0.3, -0.25) is 9.78 Å². The average Bonchev–Trinajstić information content (AvgIpc) is 3.43. The van der Waals surface area contributed by atoms with E-state index in [-0.39, 0.29) is 11.8 Å². The molecular formula is C23H24N6O2S. The number of nitrogens with one attached hydrogen (secondary N) is 1. The minimum absolute atomic E-state index is 0.0569. The molecule has 1 aliphatic rings. The lowest BCUT2D eigenvalue weighted by atomic mass is 9.97. The van der Waals surface area contributed by atoms with Crippen molar-refractivity contribution in [1.29, 1.82) is 0 Å². The second kappa shape index (κ2) is 8.96. The molecule has 0 radical (unpaired) electrons.